The predicted octanol–water partition coefficient (Wildman–Crippen LogP) is 0.692. The fourth-order valence-corrected chi connectivity index (χ4v) is 3.46. The van der Waals surface area contributed by atoms with E-state index >= 15 is 0 Å². The number of nitrogens with one attached hydrogen (secondary N) is 2. The summed E-state index contributed by atoms with van der Waals surface area (Å²) in [5.41, 5.74) is 0. The van der Waals surface area contributed by atoms with Gasteiger partial charge in [-0.15, -0.1) is 0 Å². The maximum absolute atomic E-state index is 12.0. The van der Waals surface area contributed by atoms with Gasteiger partial charge in [0.15, 0.2) is 0 Å². The Hall–Kier alpha value is -1.79. The van der Waals surface area contributed by atoms with Gasteiger partial charge in [-0.3, -0.25) is 9.59 Å². The van der Waals surface area contributed by atoms with Crippen LogP contribution in [-0.2, 0) is 9.59 Å². The molecule has 7 nitrogen and oxygen atoms in total. The normalized spacial score (nSPS) is 31.9. The van der Waals surface area contributed by atoms with E-state index in [1.54, 1.807) is 0 Å². The van der Waals surface area contributed by atoms with Gasteiger partial charge in [0.05, 0.1) is 12.0 Å². The minimum atomic E-state index is -0.743. The molecule has 2 saturated carbocycles. The van der Waals surface area contributed by atoms with Crippen LogP contribution >= 0.6 is 0 Å². The zero-order chi connectivity index (χ0) is 15.7. The number of carbonyl (C=O) groups excluding carboxylic acids is 2. The van der Waals surface area contributed by atoms with Crippen LogP contribution in [0.2, 0.25) is 0 Å². The minimum absolute atomic E-state index is 0.0345. The second-order valence-corrected chi connectivity index (χ2v) is 6.68. The number of amides is 3. The molecule has 0 spiro atoms. The Morgan fingerprint density at radius 2 is 1.64 bits per heavy atom. The number of rotatable bonds is 4. The van der Waals surface area contributed by atoms with Crippen molar-refractivity contribution in [3.05, 3.63) is 0 Å². The van der Waals surface area contributed by atoms with E-state index in [1.807, 2.05) is 4.90 Å². The molecule has 1 atom stereocenters. The molecular weight excluding hydrogens is 286 g/mol. The summed E-state index contributed by atoms with van der Waals surface area (Å²) in [4.78, 5) is 36.6. The number of carboxylic acids is 1. The van der Waals surface area contributed by atoms with Gasteiger partial charge in [-0.05, 0) is 38.5 Å². The first-order valence-electron chi connectivity index (χ1n) is 8.12. The monoisotopic (exact) mass is 309 g/mol. The Labute approximate surface area is 129 Å². The molecule has 3 aliphatic rings. The lowest BCUT2D eigenvalue weighted by atomic mass is 9.86. The largest absolute Gasteiger partial charge is 0.481 e. The minimum Gasteiger partial charge on any atom is -0.481 e. The maximum Gasteiger partial charge on any atom is 0.315 e. The number of hydrogen-bond donors (Lipinski definition) is 3. The van der Waals surface area contributed by atoms with Gasteiger partial charge in [0, 0.05) is 25.0 Å². The zero-order valence-corrected chi connectivity index (χ0v) is 12.6. The molecule has 2 aliphatic carbocycles. The lowest BCUT2D eigenvalue weighted by Gasteiger charge is -2.27. The molecule has 0 radical (unpaired) electrons. The van der Waals surface area contributed by atoms with Crippen molar-refractivity contribution < 1.29 is 19.5 Å². The second kappa shape index (κ2) is 6.14. The number of aliphatic carboxylic acids is 1. The van der Waals surface area contributed by atoms with Gasteiger partial charge in [-0.25, -0.2) is 4.79 Å². The summed E-state index contributed by atoms with van der Waals surface area (Å²) in [7, 11) is 0. The number of carbonyl (C=O) groups is 3. The molecule has 0 aromatic carbocycles. The highest BCUT2D eigenvalue weighted by Gasteiger charge is 2.39. The molecule has 0 bridgehead atoms. The average molecular weight is 309 g/mol. The molecule has 0 aromatic heterocycles. The number of urea groups is 1. The molecule has 3 N–H and O–H groups in total. The lowest BCUT2D eigenvalue weighted by Crippen LogP contribution is -2.48. The van der Waals surface area contributed by atoms with E-state index in [0.29, 0.717) is 44.7 Å². The van der Waals surface area contributed by atoms with Crippen molar-refractivity contribution in [2.24, 2.45) is 5.92 Å². The number of likely N-dealkylation sites (tertiary alicyclic amines) is 1. The summed E-state index contributed by atoms with van der Waals surface area (Å²) in [5, 5.41) is 14.7. The van der Waals surface area contributed by atoms with Gasteiger partial charge in [-0.1, -0.05) is 0 Å². The molecule has 22 heavy (non-hydrogen) atoms. The highest BCUT2D eigenvalue weighted by atomic mass is 16.4. The second-order valence-electron chi connectivity index (χ2n) is 6.68. The van der Waals surface area contributed by atoms with Gasteiger partial charge < -0.3 is 20.6 Å². The Kier molecular flexibility index (Phi) is 4.22. The number of nitrogens with zero attached hydrogens (tertiary/aromatic N) is 1. The van der Waals surface area contributed by atoms with E-state index in [4.69, 9.17) is 5.11 Å². The highest BCUT2D eigenvalue weighted by Crippen LogP contribution is 2.30. The van der Waals surface area contributed by atoms with Crippen LogP contribution in [0.4, 0.5) is 4.79 Å². The molecule has 1 unspecified atom stereocenters. The predicted molar refractivity (Wildman–Crippen MR) is 78.2 cm³/mol. The molecule has 3 rings (SSSR count). The summed E-state index contributed by atoms with van der Waals surface area (Å²) in [5.74, 6) is -0.886. The summed E-state index contributed by atoms with van der Waals surface area (Å²) < 4.78 is 0. The molecule has 1 aliphatic heterocycles. The van der Waals surface area contributed by atoms with Crippen LogP contribution in [0.3, 0.4) is 0 Å². The molecule has 3 fully saturated rings. The topological polar surface area (TPSA) is 98.7 Å². The van der Waals surface area contributed by atoms with Crippen molar-refractivity contribution in [3.8, 4) is 0 Å². The van der Waals surface area contributed by atoms with E-state index in [0.717, 1.165) is 12.8 Å². The first-order valence-corrected chi connectivity index (χ1v) is 8.12. The quantitative estimate of drug-likeness (QED) is 0.711. The van der Waals surface area contributed by atoms with Gasteiger partial charge in [0.25, 0.3) is 0 Å². The van der Waals surface area contributed by atoms with E-state index < -0.39 is 5.97 Å². The van der Waals surface area contributed by atoms with Crippen LogP contribution in [0.1, 0.15) is 44.9 Å². The standard InChI is InChI=1S/C15H23N3O4/c19-13-7-11(8-18(13)12-5-6-12)17-15(22)16-10-3-1-9(2-4-10)14(20)21/h9-12H,1-8H2,(H,20,21)(H2,16,17,22). The van der Waals surface area contributed by atoms with Crippen LogP contribution in [0, 0.1) is 5.92 Å². The fraction of sp³-hybridized carbons (Fsp3) is 0.800. The van der Waals surface area contributed by atoms with E-state index in [-0.39, 0.29) is 29.9 Å². The third kappa shape index (κ3) is 3.51. The number of carboxylic acid groups (broad SMARTS) is 1. The summed E-state index contributed by atoms with van der Waals surface area (Å²) in [6, 6.07) is 0.0820. The Bertz CT molecular complexity index is 469. The summed E-state index contributed by atoms with van der Waals surface area (Å²) >= 11 is 0. The molecule has 0 aromatic rings. The summed E-state index contributed by atoms with van der Waals surface area (Å²) in [6.45, 7) is 0.614. The first kappa shape index (κ1) is 15.1. The van der Waals surface area contributed by atoms with Gasteiger partial charge in [0.2, 0.25) is 5.91 Å². The fourth-order valence-electron chi connectivity index (χ4n) is 3.46. The van der Waals surface area contributed by atoms with Gasteiger partial charge >= 0.3 is 12.0 Å². The smallest absolute Gasteiger partial charge is 0.315 e. The Balaban J connectivity index is 1.40. The van der Waals surface area contributed by atoms with Crippen LogP contribution < -0.4 is 10.6 Å². The van der Waals surface area contributed by atoms with Crippen LogP contribution in [0.15, 0.2) is 0 Å². The van der Waals surface area contributed by atoms with Crippen molar-refractivity contribution in [2.45, 2.75) is 63.1 Å². The van der Waals surface area contributed by atoms with Crippen LogP contribution in [-0.4, -0.2) is 52.6 Å². The molecule has 1 heterocycles. The van der Waals surface area contributed by atoms with E-state index in [2.05, 4.69) is 10.6 Å². The molecule has 3 amide bonds. The molecular formula is C15H23N3O4. The van der Waals surface area contributed by atoms with E-state index in [9.17, 15) is 14.4 Å². The van der Waals surface area contributed by atoms with Crippen molar-refractivity contribution in [3.63, 3.8) is 0 Å². The molecule has 122 valence electrons. The SMILES string of the molecule is O=C(NC1CCC(C(=O)O)CC1)NC1CC(=O)N(C2CC2)C1. The Morgan fingerprint density at radius 3 is 2.23 bits per heavy atom. The van der Waals surface area contributed by atoms with Crippen molar-refractivity contribution in [1.82, 2.24) is 15.5 Å². The third-order valence-electron chi connectivity index (χ3n) is 4.89. The zero-order valence-electron chi connectivity index (χ0n) is 12.6. The molecule has 7 heteroatoms. The third-order valence-corrected chi connectivity index (χ3v) is 4.89. The first-order chi connectivity index (χ1) is 10.5. The van der Waals surface area contributed by atoms with Crippen LogP contribution in [0.5, 0.6) is 0 Å². The average Bonchev–Trinajstić information content (AvgIpc) is 3.24. The Morgan fingerprint density at radius 1 is 1.00 bits per heavy atom. The van der Waals surface area contributed by atoms with Crippen molar-refractivity contribution >= 4 is 17.9 Å². The highest BCUT2D eigenvalue weighted by molar-refractivity contribution is 5.82. The maximum atomic E-state index is 12.0. The lowest BCUT2D eigenvalue weighted by molar-refractivity contribution is -0.142. The van der Waals surface area contributed by atoms with Gasteiger partial charge in [0.1, 0.15) is 0 Å². The van der Waals surface area contributed by atoms with Gasteiger partial charge in [-0.2, -0.15) is 0 Å². The van der Waals surface area contributed by atoms with Crippen LogP contribution in [0.25, 0.3) is 0 Å². The summed E-state index contributed by atoms with van der Waals surface area (Å²) in [6.07, 6.45) is 5.16. The van der Waals surface area contributed by atoms with Crippen molar-refractivity contribution in [1.29, 1.82) is 0 Å². The van der Waals surface area contributed by atoms with Crippen molar-refractivity contribution in [2.75, 3.05) is 6.54 Å². The van der Waals surface area contributed by atoms with E-state index in [1.165, 1.54) is 0 Å². The number of hydrogen-bond acceptors (Lipinski definition) is 3. The molecule has 1 saturated heterocycles.